The Morgan fingerprint density at radius 3 is 2.64 bits per heavy atom. The van der Waals surface area contributed by atoms with Gasteiger partial charge in [0, 0.05) is 22.7 Å². The summed E-state index contributed by atoms with van der Waals surface area (Å²) in [5.41, 5.74) is 0.998. The van der Waals surface area contributed by atoms with Gasteiger partial charge >= 0.3 is 0 Å². The van der Waals surface area contributed by atoms with Crippen LogP contribution >= 0.6 is 0 Å². The summed E-state index contributed by atoms with van der Waals surface area (Å²) in [4.78, 5) is 2.83. The van der Waals surface area contributed by atoms with Gasteiger partial charge in [-0.15, -0.1) is 0 Å². The molecule has 0 bridgehead atoms. The molecular formula is C10H9F2NO. The molecule has 74 valence electrons. The number of nitrogens with one attached hydrogen (secondary N) is 1. The molecular weight excluding hydrogens is 188 g/mol. The molecule has 0 aliphatic rings. The van der Waals surface area contributed by atoms with Crippen molar-refractivity contribution in [1.29, 1.82) is 0 Å². The molecule has 0 saturated heterocycles. The van der Waals surface area contributed by atoms with E-state index in [4.69, 9.17) is 0 Å². The number of fused-ring (bicyclic) bond motifs is 1. The minimum atomic E-state index is -2.76. The first-order valence-corrected chi connectivity index (χ1v) is 4.22. The Kier molecular flexibility index (Phi) is 2.21. The van der Waals surface area contributed by atoms with Crippen LogP contribution in [0.25, 0.3) is 10.9 Å². The van der Waals surface area contributed by atoms with Gasteiger partial charge < -0.3 is 10.1 Å². The SMILES string of the molecule is OC(c1c[nH]c2ccccc12)C(F)F. The second kappa shape index (κ2) is 3.38. The smallest absolute Gasteiger partial charge is 0.268 e. The zero-order chi connectivity index (χ0) is 10.1. The van der Waals surface area contributed by atoms with Crippen LogP contribution in [0.5, 0.6) is 0 Å². The van der Waals surface area contributed by atoms with Crippen LogP contribution in [0.3, 0.4) is 0 Å². The molecule has 1 unspecified atom stereocenters. The van der Waals surface area contributed by atoms with Gasteiger partial charge in [-0.2, -0.15) is 0 Å². The maximum atomic E-state index is 12.3. The summed E-state index contributed by atoms with van der Waals surface area (Å²) < 4.78 is 24.5. The summed E-state index contributed by atoms with van der Waals surface area (Å²) in [5.74, 6) is 0. The monoisotopic (exact) mass is 197 g/mol. The average molecular weight is 197 g/mol. The average Bonchev–Trinajstić information content (AvgIpc) is 2.60. The van der Waals surface area contributed by atoms with Gasteiger partial charge in [0.15, 0.2) is 0 Å². The number of aromatic nitrogens is 1. The number of rotatable bonds is 2. The number of benzene rings is 1. The van der Waals surface area contributed by atoms with Crippen LogP contribution in [-0.4, -0.2) is 16.5 Å². The van der Waals surface area contributed by atoms with E-state index >= 15 is 0 Å². The number of aromatic amines is 1. The van der Waals surface area contributed by atoms with Crippen molar-refractivity contribution >= 4 is 10.9 Å². The molecule has 0 spiro atoms. The first-order chi connectivity index (χ1) is 6.70. The third-order valence-corrected chi connectivity index (χ3v) is 2.18. The molecule has 2 rings (SSSR count). The van der Waals surface area contributed by atoms with Gasteiger partial charge in [0.05, 0.1) is 0 Å². The van der Waals surface area contributed by atoms with Crippen LogP contribution in [0.1, 0.15) is 11.7 Å². The van der Waals surface area contributed by atoms with Crippen LogP contribution in [0.4, 0.5) is 8.78 Å². The predicted molar refractivity (Wildman–Crippen MR) is 49.3 cm³/mol. The van der Waals surface area contributed by atoms with Gasteiger partial charge in [-0.05, 0) is 6.07 Å². The summed E-state index contributed by atoms with van der Waals surface area (Å²) in [7, 11) is 0. The van der Waals surface area contributed by atoms with Crippen molar-refractivity contribution in [3.8, 4) is 0 Å². The number of halogens is 2. The van der Waals surface area contributed by atoms with Gasteiger partial charge in [-0.25, -0.2) is 8.78 Å². The largest absolute Gasteiger partial charge is 0.382 e. The Morgan fingerprint density at radius 2 is 1.93 bits per heavy atom. The minimum absolute atomic E-state index is 0.246. The van der Waals surface area contributed by atoms with Crippen molar-refractivity contribution in [2.75, 3.05) is 0 Å². The standard InChI is InChI=1S/C10H9F2NO/c11-10(12)9(14)7-5-13-8-4-2-1-3-6(7)8/h1-5,9-10,13-14H. The molecule has 1 atom stereocenters. The highest BCUT2D eigenvalue weighted by atomic mass is 19.3. The third kappa shape index (κ3) is 1.37. The van der Waals surface area contributed by atoms with Crippen molar-refractivity contribution in [3.63, 3.8) is 0 Å². The normalized spacial score (nSPS) is 13.7. The Hall–Kier alpha value is -1.42. The topological polar surface area (TPSA) is 36.0 Å². The minimum Gasteiger partial charge on any atom is -0.382 e. The van der Waals surface area contributed by atoms with Crippen molar-refractivity contribution in [3.05, 3.63) is 36.0 Å². The molecule has 2 aromatic rings. The number of hydrogen-bond donors (Lipinski definition) is 2. The summed E-state index contributed by atoms with van der Waals surface area (Å²) in [5, 5.41) is 9.85. The Bertz CT molecular complexity index is 438. The Labute approximate surface area is 79.2 Å². The maximum absolute atomic E-state index is 12.3. The number of alkyl halides is 2. The number of H-pyrrole nitrogens is 1. The predicted octanol–water partition coefficient (Wildman–Crippen LogP) is 2.47. The van der Waals surface area contributed by atoms with E-state index in [-0.39, 0.29) is 5.56 Å². The second-order valence-electron chi connectivity index (χ2n) is 3.07. The molecule has 4 heteroatoms. The number of aliphatic hydroxyl groups is 1. The zero-order valence-corrected chi connectivity index (χ0v) is 7.24. The lowest BCUT2D eigenvalue weighted by atomic mass is 10.1. The fraction of sp³-hybridized carbons (Fsp3) is 0.200. The van der Waals surface area contributed by atoms with Crippen molar-refractivity contribution in [2.45, 2.75) is 12.5 Å². The van der Waals surface area contributed by atoms with E-state index in [1.807, 2.05) is 0 Å². The fourth-order valence-electron chi connectivity index (χ4n) is 1.47. The second-order valence-corrected chi connectivity index (χ2v) is 3.07. The van der Waals surface area contributed by atoms with Gasteiger partial charge in [0.2, 0.25) is 0 Å². The summed E-state index contributed by atoms with van der Waals surface area (Å²) in [6, 6.07) is 7.03. The molecule has 1 aromatic heterocycles. The summed E-state index contributed by atoms with van der Waals surface area (Å²) in [6.45, 7) is 0. The Balaban J connectivity index is 2.53. The van der Waals surface area contributed by atoms with Crippen molar-refractivity contribution in [1.82, 2.24) is 4.98 Å². The highest BCUT2D eigenvalue weighted by molar-refractivity contribution is 5.83. The van der Waals surface area contributed by atoms with E-state index in [1.165, 1.54) is 6.20 Å². The molecule has 0 saturated carbocycles. The molecule has 0 aliphatic heterocycles. The van der Waals surface area contributed by atoms with Crippen molar-refractivity contribution in [2.24, 2.45) is 0 Å². The van der Waals surface area contributed by atoms with Crippen LogP contribution < -0.4 is 0 Å². The van der Waals surface area contributed by atoms with Crippen LogP contribution in [0.15, 0.2) is 30.5 Å². The molecule has 1 heterocycles. The molecule has 14 heavy (non-hydrogen) atoms. The molecule has 0 aliphatic carbocycles. The number of aliphatic hydroxyl groups excluding tert-OH is 1. The van der Waals surface area contributed by atoms with E-state index < -0.39 is 12.5 Å². The van der Waals surface area contributed by atoms with Crippen molar-refractivity contribution < 1.29 is 13.9 Å². The van der Waals surface area contributed by atoms with Gasteiger partial charge in [0.25, 0.3) is 6.43 Å². The van der Waals surface area contributed by atoms with E-state index in [9.17, 15) is 13.9 Å². The lowest BCUT2D eigenvalue weighted by Crippen LogP contribution is -2.06. The van der Waals surface area contributed by atoms with Gasteiger partial charge in [-0.1, -0.05) is 18.2 Å². The number of hydrogen-bond acceptors (Lipinski definition) is 1. The van der Waals surface area contributed by atoms with Gasteiger partial charge in [-0.3, -0.25) is 0 Å². The molecule has 0 fully saturated rings. The Morgan fingerprint density at radius 1 is 1.21 bits per heavy atom. The van der Waals surface area contributed by atoms with E-state index in [2.05, 4.69) is 4.98 Å². The fourth-order valence-corrected chi connectivity index (χ4v) is 1.47. The molecule has 2 nitrogen and oxygen atoms in total. The third-order valence-electron chi connectivity index (χ3n) is 2.18. The zero-order valence-electron chi connectivity index (χ0n) is 7.24. The number of para-hydroxylation sites is 1. The quantitative estimate of drug-likeness (QED) is 0.762. The first-order valence-electron chi connectivity index (χ1n) is 4.22. The van der Waals surface area contributed by atoms with Crippen LogP contribution in [-0.2, 0) is 0 Å². The lowest BCUT2D eigenvalue weighted by molar-refractivity contribution is -0.00494. The molecule has 2 N–H and O–H groups in total. The molecule has 0 amide bonds. The first kappa shape index (κ1) is 9.15. The summed E-state index contributed by atoms with van der Waals surface area (Å²) >= 11 is 0. The highest BCUT2D eigenvalue weighted by Gasteiger charge is 2.21. The molecule has 1 aromatic carbocycles. The van der Waals surface area contributed by atoms with Crippen LogP contribution in [0.2, 0.25) is 0 Å². The van der Waals surface area contributed by atoms with E-state index in [0.29, 0.717) is 5.39 Å². The van der Waals surface area contributed by atoms with E-state index in [0.717, 1.165) is 5.52 Å². The van der Waals surface area contributed by atoms with E-state index in [1.54, 1.807) is 24.3 Å². The maximum Gasteiger partial charge on any atom is 0.268 e. The lowest BCUT2D eigenvalue weighted by Gasteiger charge is -2.07. The summed E-state index contributed by atoms with van der Waals surface area (Å²) in [6.07, 6.45) is -3.05. The molecule has 0 radical (unpaired) electrons. The van der Waals surface area contributed by atoms with Crippen LogP contribution in [0, 0.1) is 0 Å². The van der Waals surface area contributed by atoms with Gasteiger partial charge in [0.1, 0.15) is 6.10 Å². The highest BCUT2D eigenvalue weighted by Crippen LogP contribution is 2.27.